The molecule has 0 bridgehead atoms. The first-order valence-corrected chi connectivity index (χ1v) is 8.63. The SMILES string of the molecule is CNS(=O)(=O)c1cc(C(=O)N(C)CC(C)(C)CN)ccc1OC. The number of ether oxygens (including phenoxy) is 1. The van der Waals surface area contributed by atoms with Gasteiger partial charge in [0, 0.05) is 19.2 Å². The number of nitrogens with zero attached hydrogens (tertiary/aromatic N) is 1. The van der Waals surface area contributed by atoms with Crippen LogP contribution < -0.4 is 15.2 Å². The molecule has 23 heavy (non-hydrogen) atoms. The normalized spacial score (nSPS) is 12.1. The Morgan fingerprint density at radius 3 is 2.48 bits per heavy atom. The van der Waals surface area contributed by atoms with E-state index in [1.807, 2.05) is 13.8 Å². The zero-order valence-electron chi connectivity index (χ0n) is 14.2. The van der Waals surface area contributed by atoms with E-state index in [0.29, 0.717) is 13.1 Å². The minimum absolute atomic E-state index is 0.0696. The summed E-state index contributed by atoms with van der Waals surface area (Å²) in [5.41, 5.74) is 5.74. The lowest BCUT2D eigenvalue weighted by Gasteiger charge is -2.29. The maximum absolute atomic E-state index is 12.5. The van der Waals surface area contributed by atoms with Gasteiger partial charge in [0.1, 0.15) is 10.6 Å². The van der Waals surface area contributed by atoms with Gasteiger partial charge in [-0.25, -0.2) is 13.1 Å². The van der Waals surface area contributed by atoms with E-state index in [0.717, 1.165) is 0 Å². The quantitative estimate of drug-likeness (QED) is 0.757. The Bertz CT molecular complexity index is 671. The van der Waals surface area contributed by atoms with Gasteiger partial charge in [-0.2, -0.15) is 0 Å². The second kappa shape index (κ2) is 7.29. The molecule has 0 saturated carbocycles. The Morgan fingerprint density at radius 1 is 1.39 bits per heavy atom. The molecule has 0 unspecified atom stereocenters. The van der Waals surface area contributed by atoms with Crippen LogP contribution in [-0.2, 0) is 10.0 Å². The van der Waals surface area contributed by atoms with Crippen molar-refractivity contribution in [2.45, 2.75) is 18.7 Å². The molecule has 0 spiro atoms. The first-order chi connectivity index (χ1) is 10.6. The average molecular weight is 343 g/mol. The molecule has 0 heterocycles. The molecule has 0 atom stereocenters. The Balaban J connectivity index is 3.19. The number of methoxy groups -OCH3 is 1. The maximum atomic E-state index is 12.5. The lowest BCUT2D eigenvalue weighted by atomic mass is 9.93. The number of hydrogen-bond acceptors (Lipinski definition) is 5. The van der Waals surface area contributed by atoms with Gasteiger partial charge in [0.2, 0.25) is 10.0 Å². The van der Waals surface area contributed by atoms with E-state index in [2.05, 4.69) is 4.72 Å². The molecule has 7 nitrogen and oxygen atoms in total. The van der Waals surface area contributed by atoms with E-state index in [9.17, 15) is 13.2 Å². The number of nitrogens with two attached hydrogens (primary N) is 1. The Hall–Kier alpha value is -1.64. The van der Waals surface area contributed by atoms with Crippen molar-refractivity contribution >= 4 is 15.9 Å². The first-order valence-electron chi connectivity index (χ1n) is 7.15. The molecule has 0 aliphatic rings. The number of carbonyl (C=O) groups is 1. The number of sulfonamides is 1. The van der Waals surface area contributed by atoms with Crippen LogP contribution in [0.4, 0.5) is 0 Å². The third-order valence-corrected chi connectivity index (χ3v) is 4.97. The molecule has 0 fully saturated rings. The zero-order chi connectivity index (χ0) is 17.8. The van der Waals surface area contributed by atoms with Crippen molar-refractivity contribution in [1.29, 1.82) is 0 Å². The molecular formula is C15H25N3O4S. The van der Waals surface area contributed by atoms with Gasteiger partial charge in [0.25, 0.3) is 5.91 Å². The van der Waals surface area contributed by atoms with Gasteiger partial charge in [-0.3, -0.25) is 4.79 Å². The summed E-state index contributed by atoms with van der Waals surface area (Å²) in [6.45, 7) is 4.82. The molecule has 1 aromatic rings. The van der Waals surface area contributed by atoms with E-state index >= 15 is 0 Å². The van der Waals surface area contributed by atoms with Gasteiger partial charge in [-0.05, 0) is 37.2 Å². The Kier molecular flexibility index (Phi) is 6.15. The van der Waals surface area contributed by atoms with Crippen LogP contribution >= 0.6 is 0 Å². The van der Waals surface area contributed by atoms with E-state index in [4.69, 9.17) is 10.5 Å². The number of nitrogens with one attached hydrogen (secondary N) is 1. The van der Waals surface area contributed by atoms with E-state index in [1.165, 1.54) is 31.2 Å². The van der Waals surface area contributed by atoms with Crippen molar-refractivity contribution in [2.24, 2.45) is 11.1 Å². The molecule has 8 heteroatoms. The highest BCUT2D eigenvalue weighted by atomic mass is 32.2. The van der Waals surface area contributed by atoms with Crippen LogP contribution in [0.5, 0.6) is 5.75 Å². The number of carbonyl (C=O) groups excluding carboxylic acids is 1. The lowest BCUT2D eigenvalue weighted by molar-refractivity contribution is 0.0740. The van der Waals surface area contributed by atoms with Gasteiger partial charge in [-0.1, -0.05) is 13.8 Å². The summed E-state index contributed by atoms with van der Waals surface area (Å²) in [4.78, 5) is 14.0. The summed E-state index contributed by atoms with van der Waals surface area (Å²) in [5.74, 6) is -0.0948. The summed E-state index contributed by atoms with van der Waals surface area (Å²) >= 11 is 0. The van der Waals surface area contributed by atoms with Gasteiger partial charge < -0.3 is 15.4 Å². The minimum atomic E-state index is -3.73. The fraction of sp³-hybridized carbons (Fsp3) is 0.533. The fourth-order valence-electron chi connectivity index (χ4n) is 2.13. The second-order valence-corrected chi connectivity index (χ2v) is 7.96. The van der Waals surface area contributed by atoms with Crippen LogP contribution in [0, 0.1) is 5.41 Å². The number of rotatable bonds is 7. The highest BCUT2D eigenvalue weighted by molar-refractivity contribution is 7.89. The van der Waals surface area contributed by atoms with E-state index in [1.54, 1.807) is 13.1 Å². The topological polar surface area (TPSA) is 102 Å². The molecule has 0 radical (unpaired) electrons. The van der Waals surface area contributed by atoms with Crippen molar-refractivity contribution in [3.05, 3.63) is 23.8 Å². The highest BCUT2D eigenvalue weighted by Gasteiger charge is 2.24. The average Bonchev–Trinajstić information content (AvgIpc) is 2.53. The van der Waals surface area contributed by atoms with Crippen molar-refractivity contribution in [2.75, 3.05) is 34.3 Å². The van der Waals surface area contributed by atoms with Crippen molar-refractivity contribution < 1.29 is 17.9 Å². The van der Waals surface area contributed by atoms with Crippen LogP contribution in [0.2, 0.25) is 0 Å². The maximum Gasteiger partial charge on any atom is 0.253 e. The molecule has 1 amide bonds. The minimum Gasteiger partial charge on any atom is -0.495 e. The molecular weight excluding hydrogens is 318 g/mol. The summed E-state index contributed by atoms with van der Waals surface area (Å²) < 4.78 is 31.4. The summed E-state index contributed by atoms with van der Waals surface area (Å²) in [6, 6.07) is 4.33. The molecule has 0 aliphatic carbocycles. The number of hydrogen-bond donors (Lipinski definition) is 2. The van der Waals surface area contributed by atoms with Gasteiger partial charge >= 0.3 is 0 Å². The second-order valence-electron chi connectivity index (χ2n) is 6.10. The standard InChI is InChI=1S/C15H25N3O4S/c1-15(2,9-16)10-18(4)14(19)11-6-7-12(22-5)13(8-11)23(20,21)17-3/h6-8,17H,9-10,16H2,1-5H3. The first kappa shape index (κ1) is 19.4. The monoisotopic (exact) mass is 343 g/mol. The smallest absolute Gasteiger partial charge is 0.253 e. The van der Waals surface area contributed by atoms with Crippen molar-refractivity contribution in [3.63, 3.8) is 0 Å². The Morgan fingerprint density at radius 2 is 2.00 bits per heavy atom. The summed E-state index contributed by atoms with van der Waals surface area (Å²) in [6.07, 6.45) is 0. The Labute approximate surface area is 137 Å². The third-order valence-electron chi connectivity index (χ3n) is 3.53. The molecule has 0 aliphatic heterocycles. The molecule has 3 N–H and O–H groups in total. The molecule has 0 aromatic heterocycles. The van der Waals surface area contributed by atoms with Crippen LogP contribution in [0.15, 0.2) is 23.1 Å². The van der Waals surface area contributed by atoms with E-state index in [-0.39, 0.29) is 27.5 Å². The lowest BCUT2D eigenvalue weighted by Crippen LogP contribution is -2.39. The van der Waals surface area contributed by atoms with Crippen LogP contribution in [0.25, 0.3) is 0 Å². The number of amides is 1. The summed E-state index contributed by atoms with van der Waals surface area (Å²) in [5, 5.41) is 0. The van der Waals surface area contributed by atoms with Crippen LogP contribution in [0.3, 0.4) is 0 Å². The summed E-state index contributed by atoms with van der Waals surface area (Å²) in [7, 11) is 0.616. The fourth-order valence-corrected chi connectivity index (χ4v) is 3.05. The highest BCUT2D eigenvalue weighted by Crippen LogP contribution is 2.25. The van der Waals surface area contributed by atoms with Gasteiger partial charge in [-0.15, -0.1) is 0 Å². The van der Waals surface area contributed by atoms with E-state index < -0.39 is 10.0 Å². The zero-order valence-corrected chi connectivity index (χ0v) is 15.0. The van der Waals surface area contributed by atoms with Crippen LogP contribution in [-0.4, -0.2) is 53.5 Å². The molecule has 0 saturated heterocycles. The van der Waals surface area contributed by atoms with Gasteiger partial charge in [0.15, 0.2) is 0 Å². The molecule has 1 rings (SSSR count). The molecule has 130 valence electrons. The van der Waals surface area contributed by atoms with Gasteiger partial charge in [0.05, 0.1) is 7.11 Å². The van der Waals surface area contributed by atoms with Crippen molar-refractivity contribution in [1.82, 2.24) is 9.62 Å². The molecule has 1 aromatic carbocycles. The number of benzene rings is 1. The largest absolute Gasteiger partial charge is 0.495 e. The predicted octanol–water partition coefficient (Wildman–Crippen LogP) is 0.660. The van der Waals surface area contributed by atoms with Crippen LogP contribution in [0.1, 0.15) is 24.2 Å². The van der Waals surface area contributed by atoms with Crippen molar-refractivity contribution in [3.8, 4) is 5.75 Å². The predicted molar refractivity (Wildman–Crippen MR) is 89.0 cm³/mol. The third kappa shape index (κ3) is 4.66.